The average Bonchev–Trinajstić information content (AvgIpc) is 2.81. The number of hydrogen-bond acceptors (Lipinski definition) is 2. The number of nitrogens with zero attached hydrogens (tertiary/aromatic N) is 3. The second-order valence-corrected chi connectivity index (χ2v) is 6.82. The summed E-state index contributed by atoms with van der Waals surface area (Å²) < 4.78 is 3.19. The van der Waals surface area contributed by atoms with E-state index in [1.54, 1.807) is 20.2 Å². The van der Waals surface area contributed by atoms with Gasteiger partial charge < -0.3 is 9.47 Å². The van der Waals surface area contributed by atoms with Gasteiger partial charge in [0.1, 0.15) is 11.6 Å². The lowest BCUT2D eigenvalue weighted by Gasteiger charge is -2.11. The molecule has 1 aromatic heterocycles. The standard InChI is InChI=1S/C19H20BrN3O/c1-12-8-17(6-7-18(12)20)23-13(2)9-15(14(23)3)10-16(11-21)19(24)22(4)5/h6-10H,1-5H3. The number of nitriles is 1. The third-order valence-corrected chi connectivity index (χ3v) is 4.82. The fourth-order valence-corrected chi connectivity index (χ4v) is 2.88. The lowest BCUT2D eigenvalue weighted by atomic mass is 10.1. The number of likely N-dealkylation sites (N-methyl/N-ethyl adjacent to an activating group) is 1. The number of halogens is 1. The van der Waals surface area contributed by atoms with Gasteiger partial charge in [0.2, 0.25) is 0 Å². The third kappa shape index (κ3) is 3.44. The van der Waals surface area contributed by atoms with Crippen LogP contribution in [0, 0.1) is 32.1 Å². The van der Waals surface area contributed by atoms with Crippen LogP contribution in [0.15, 0.2) is 34.3 Å². The van der Waals surface area contributed by atoms with Crippen LogP contribution >= 0.6 is 15.9 Å². The van der Waals surface area contributed by atoms with Crippen molar-refractivity contribution < 1.29 is 4.79 Å². The van der Waals surface area contributed by atoms with E-state index in [4.69, 9.17) is 0 Å². The molecule has 0 bridgehead atoms. The molecule has 0 radical (unpaired) electrons. The van der Waals surface area contributed by atoms with Crippen molar-refractivity contribution >= 4 is 27.9 Å². The smallest absolute Gasteiger partial charge is 0.264 e. The highest BCUT2D eigenvalue weighted by Gasteiger charge is 2.15. The monoisotopic (exact) mass is 385 g/mol. The normalized spacial score (nSPS) is 11.3. The Labute approximate surface area is 151 Å². The molecular weight excluding hydrogens is 366 g/mol. The molecule has 0 atom stereocenters. The van der Waals surface area contributed by atoms with Crippen LogP contribution in [0.2, 0.25) is 0 Å². The zero-order valence-electron chi connectivity index (χ0n) is 14.5. The van der Waals surface area contributed by atoms with Crippen LogP contribution in [-0.2, 0) is 4.79 Å². The van der Waals surface area contributed by atoms with Crippen LogP contribution in [-0.4, -0.2) is 29.5 Å². The van der Waals surface area contributed by atoms with Gasteiger partial charge in [-0.1, -0.05) is 15.9 Å². The first-order chi connectivity index (χ1) is 11.3. The van der Waals surface area contributed by atoms with Crippen molar-refractivity contribution in [3.8, 4) is 11.8 Å². The molecule has 0 aliphatic rings. The summed E-state index contributed by atoms with van der Waals surface area (Å²) in [6.45, 7) is 6.05. The molecule has 5 heteroatoms. The van der Waals surface area contributed by atoms with E-state index in [1.165, 1.54) is 4.90 Å². The van der Waals surface area contributed by atoms with Crippen molar-refractivity contribution in [2.24, 2.45) is 0 Å². The van der Waals surface area contributed by atoms with Gasteiger partial charge in [0.25, 0.3) is 5.91 Å². The second kappa shape index (κ2) is 7.06. The van der Waals surface area contributed by atoms with Crippen LogP contribution in [0.3, 0.4) is 0 Å². The van der Waals surface area contributed by atoms with Crippen molar-refractivity contribution in [2.45, 2.75) is 20.8 Å². The van der Waals surface area contributed by atoms with Crippen LogP contribution in [0.1, 0.15) is 22.5 Å². The number of hydrogen-bond donors (Lipinski definition) is 0. The highest BCUT2D eigenvalue weighted by atomic mass is 79.9. The highest BCUT2D eigenvalue weighted by molar-refractivity contribution is 9.10. The van der Waals surface area contributed by atoms with Crippen LogP contribution in [0.4, 0.5) is 0 Å². The van der Waals surface area contributed by atoms with Gasteiger partial charge in [-0.05, 0) is 62.2 Å². The van der Waals surface area contributed by atoms with E-state index in [-0.39, 0.29) is 11.5 Å². The van der Waals surface area contributed by atoms with Crippen molar-refractivity contribution in [1.82, 2.24) is 9.47 Å². The van der Waals surface area contributed by atoms with Gasteiger partial charge in [-0.2, -0.15) is 5.26 Å². The molecule has 24 heavy (non-hydrogen) atoms. The van der Waals surface area contributed by atoms with E-state index in [0.29, 0.717) is 0 Å². The first-order valence-corrected chi connectivity index (χ1v) is 8.34. The molecule has 0 saturated carbocycles. The fraction of sp³-hybridized carbons (Fsp3) is 0.263. The molecule has 4 nitrogen and oxygen atoms in total. The molecule has 0 saturated heterocycles. The molecule has 0 unspecified atom stereocenters. The minimum absolute atomic E-state index is 0.132. The lowest BCUT2D eigenvalue weighted by Crippen LogP contribution is -2.22. The summed E-state index contributed by atoms with van der Waals surface area (Å²) in [5.41, 5.74) is 5.26. The first kappa shape index (κ1) is 18.0. The third-order valence-electron chi connectivity index (χ3n) is 3.93. The SMILES string of the molecule is Cc1cc(-n2c(C)cc(C=C(C#N)C(=O)N(C)C)c2C)ccc1Br. The van der Waals surface area contributed by atoms with Gasteiger partial charge in [-0.3, -0.25) is 4.79 Å². The predicted octanol–water partition coefficient (Wildman–Crippen LogP) is 4.16. The number of benzene rings is 1. The summed E-state index contributed by atoms with van der Waals surface area (Å²) in [7, 11) is 3.28. The molecule has 2 aromatic rings. The Balaban J connectivity index is 2.55. The minimum atomic E-state index is -0.290. The molecule has 0 spiro atoms. The van der Waals surface area contributed by atoms with Gasteiger partial charge in [0, 0.05) is 35.6 Å². The molecule has 1 amide bonds. The molecule has 0 fully saturated rings. The van der Waals surface area contributed by atoms with E-state index in [1.807, 2.05) is 45.0 Å². The maximum absolute atomic E-state index is 12.1. The topological polar surface area (TPSA) is 49.0 Å². The maximum atomic E-state index is 12.1. The molecule has 1 aromatic carbocycles. The molecule has 0 N–H and O–H groups in total. The van der Waals surface area contributed by atoms with Gasteiger partial charge in [0.05, 0.1) is 0 Å². The number of aryl methyl sites for hydroxylation is 2. The summed E-state index contributed by atoms with van der Waals surface area (Å²) in [5.74, 6) is -0.290. The summed E-state index contributed by atoms with van der Waals surface area (Å²) in [6.07, 6.45) is 1.66. The van der Waals surface area contributed by atoms with Gasteiger partial charge in [-0.15, -0.1) is 0 Å². The summed E-state index contributed by atoms with van der Waals surface area (Å²) in [4.78, 5) is 13.5. The Hall–Kier alpha value is -2.32. The summed E-state index contributed by atoms with van der Waals surface area (Å²) in [5, 5.41) is 9.28. The molecule has 124 valence electrons. The van der Waals surface area contributed by atoms with Crippen molar-refractivity contribution in [3.63, 3.8) is 0 Å². The summed E-state index contributed by atoms with van der Waals surface area (Å²) >= 11 is 3.52. The van der Waals surface area contributed by atoms with E-state index in [9.17, 15) is 10.1 Å². The number of aromatic nitrogens is 1. The quantitative estimate of drug-likeness (QED) is 0.588. The fourth-order valence-electron chi connectivity index (χ4n) is 2.64. The number of carbonyl (C=O) groups excluding carboxylic acids is 1. The van der Waals surface area contributed by atoms with Crippen molar-refractivity contribution in [1.29, 1.82) is 5.26 Å². The largest absolute Gasteiger partial charge is 0.344 e. The zero-order chi connectivity index (χ0) is 18.0. The Bertz CT molecular complexity index is 869. The van der Waals surface area contributed by atoms with E-state index >= 15 is 0 Å². The average molecular weight is 386 g/mol. The molecule has 0 aliphatic heterocycles. The first-order valence-electron chi connectivity index (χ1n) is 7.55. The minimum Gasteiger partial charge on any atom is -0.344 e. The van der Waals surface area contributed by atoms with Crippen LogP contribution in [0.25, 0.3) is 11.8 Å². The summed E-state index contributed by atoms with van der Waals surface area (Å²) in [6, 6.07) is 10.2. The Morgan fingerprint density at radius 1 is 1.25 bits per heavy atom. The Morgan fingerprint density at radius 2 is 1.92 bits per heavy atom. The molecule has 1 heterocycles. The van der Waals surface area contributed by atoms with E-state index in [2.05, 4.69) is 26.6 Å². The second-order valence-electron chi connectivity index (χ2n) is 5.96. The maximum Gasteiger partial charge on any atom is 0.264 e. The van der Waals surface area contributed by atoms with Gasteiger partial charge in [0.15, 0.2) is 0 Å². The van der Waals surface area contributed by atoms with Crippen molar-refractivity contribution in [2.75, 3.05) is 14.1 Å². The Kier molecular flexibility index (Phi) is 5.30. The number of rotatable bonds is 3. The van der Waals surface area contributed by atoms with E-state index in [0.717, 1.165) is 32.7 Å². The highest BCUT2D eigenvalue weighted by Crippen LogP contribution is 2.26. The van der Waals surface area contributed by atoms with Gasteiger partial charge >= 0.3 is 0 Å². The predicted molar refractivity (Wildman–Crippen MR) is 100.0 cm³/mol. The van der Waals surface area contributed by atoms with Crippen molar-refractivity contribution in [3.05, 3.63) is 56.8 Å². The van der Waals surface area contributed by atoms with Crippen LogP contribution in [0.5, 0.6) is 0 Å². The number of carbonyl (C=O) groups is 1. The molecule has 2 rings (SSSR count). The van der Waals surface area contributed by atoms with Gasteiger partial charge in [-0.25, -0.2) is 0 Å². The van der Waals surface area contributed by atoms with Crippen LogP contribution < -0.4 is 0 Å². The number of amides is 1. The molecule has 0 aliphatic carbocycles. The Morgan fingerprint density at radius 3 is 2.46 bits per heavy atom. The lowest BCUT2D eigenvalue weighted by molar-refractivity contribution is -0.124. The van der Waals surface area contributed by atoms with E-state index < -0.39 is 0 Å². The zero-order valence-corrected chi connectivity index (χ0v) is 16.1. The molecular formula is C19H20BrN3O.